The van der Waals surface area contributed by atoms with E-state index >= 15 is 0 Å². The predicted octanol–water partition coefficient (Wildman–Crippen LogP) is 7.19. The molecule has 1 aromatic heterocycles. The molecule has 0 unspecified atom stereocenters. The molecule has 0 saturated carbocycles. The Labute approximate surface area is 189 Å². The number of benzene rings is 1. The average molecular weight is 425 g/mol. The Balaban J connectivity index is 1.66. The van der Waals surface area contributed by atoms with Crippen LogP contribution in [0.2, 0.25) is 0 Å². The molecule has 0 amide bonds. The van der Waals surface area contributed by atoms with Gasteiger partial charge in [-0.05, 0) is 44.1 Å². The summed E-state index contributed by atoms with van der Waals surface area (Å²) in [6.45, 7) is 6.73. The molecule has 0 saturated heterocycles. The fraction of sp³-hybridized carbons (Fsp3) is 0.556. The molecule has 0 spiro atoms. The van der Waals surface area contributed by atoms with Crippen molar-refractivity contribution in [2.45, 2.75) is 78.1 Å². The third-order valence-electron chi connectivity index (χ3n) is 5.18. The van der Waals surface area contributed by atoms with E-state index in [1.807, 2.05) is 0 Å². The summed E-state index contributed by atoms with van der Waals surface area (Å²) in [7, 11) is 0. The summed E-state index contributed by atoms with van der Waals surface area (Å²) in [6, 6.07) is 8.61. The summed E-state index contributed by atoms with van der Waals surface area (Å²) in [4.78, 5) is 8.93. The van der Waals surface area contributed by atoms with Crippen molar-refractivity contribution < 1.29 is 9.47 Å². The molecule has 0 aliphatic rings. The van der Waals surface area contributed by atoms with Crippen LogP contribution in [-0.4, -0.2) is 29.8 Å². The molecule has 4 nitrogen and oxygen atoms in total. The number of hydrogen-bond acceptors (Lipinski definition) is 4. The number of ether oxygens (including phenoxy) is 2. The minimum absolute atomic E-state index is 0.565. The van der Waals surface area contributed by atoms with Crippen LogP contribution in [0.1, 0.15) is 77.2 Å². The minimum atomic E-state index is 0.565. The van der Waals surface area contributed by atoms with Crippen LogP contribution < -0.4 is 4.74 Å². The topological polar surface area (TPSA) is 44.2 Å². The first-order chi connectivity index (χ1) is 15.3. The molecule has 0 N–H and O–H groups in total. The van der Waals surface area contributed by atoms with Gasteiger partial charge in [0.2, 0.25) is 0 Å². The fourth-order valence-corrected chi connectivity index (χ4v) is 3.34. The van der Waals surface area contributed by atoms with Crippen molar-refractivity contribution in [1.82, 2.24) is 9.97 Å². The van der Waals surface area contributed by atoms with Crippen molar-refractivity contribution in [3.63, 3.8) is 0 Å². The third-order valence-corrected chi connectivity index (χ3v) is 5.18. The second-order valence-corrected chi connectivity index (χ2v) is 7.99. The van der Waals surface area contributed by atoms with Gasteiger partial charge in [0.15, 0.2) is 11.6 Å². The second kappa shape index (κ2) is 16.5. The maximum atomic E-state index is 5.69. The molecule has 170 valence electrons. The number of aromatic nitrogens is 2. The standard InChI is InChI=1S/C27H40N2O2/c1-3-5-6-7-9-13-21-31-26-22-28-27(29-23-26)25-17-15-24(16-18-25)14-11-8-10-12-20-30-19-4-2/h9,13,15-18,22-23H,3-8,10-12,14,19-21H2,1-2H3/b13-9+. The van der Waals surface area contributed by atoms with E-state index in [2.05, 4.69) is 60.2 Å². The fourth-order valence-electron chi connectivity index (χ4n) is 3.34. The number of unbranched alkanes of at least 4 members (excludes halogenated alkanes) is 6. The Morgan fingerprint density at radius 2 is 1.55 bits per heavy atom. The normalized spacial score (nSPS) is 11.3. The first kappa shape index (κ1) is 25.1. The van der Waals surface area contributed by atoms with Crippen molar-refractivity contribution in [1.29, 1.82) is 0 Å². The van der Waals surface area contributed by atoms with E-state index in [9.17, 15) is 0 Å². The number of nitrogens with zero attached hydrogens (tertiary/aromatic N) is 2. The van der Waals surface area contributed by atoms with Crippen LogP contribution in [0.4, 0.5) is 0 Å². The summed E-state index contributed by atoms with van der Waals surface area (Å²) in [6.07, 6.45) is 19.8. The molecule has 31 heavy (non-hydrogen) atoms. The van der Waals surface area contributed by atoms with E-state index in [-0.39, 0.29) is 0 Å². The predicted molar refractivity (Wildman–Crippen MR) is 130 cm³/mol. The Kier molecular flexibility index (Phi) is 13.3. The molecule has 0 aliphatic heterocycles. The quantitative estimate of drug-likeness (QED) is 0.199. The van der Waals surface area contributed by atoms with E-state index in [4.69, 9.17) is 9.47 Å². The number of aryl methyl sites for hydroxylation is 1. The number of allylic oxidation sites excluding steroid dienone is 1. The van der Waals surface area contributed by atoms with E-state index in [1.165, 1.54) is 50.5 Å². The molecule has 0 fully saturated rings. The van der Waals surface area contributed by atoms with Crippen molar-refractivity contribution in [3.05, 3.63) is 54.4 Å². The SMILES string of the molecule is CCCCC/C=C/COc1cnc(-c2ccc(CCCCCCOCCC)cc2)nc1. The minimum Gasteiger partial charge on any atom is -0.486 e. The van der Waals surface area contributed by atoms with Gasteiger partial charge in [-0.15, -0.1) is 0 Å². The highest BCUT2D eigenvalue weighted by Crippen LogP contribution is 2.18. The van der Waals surface area contributed by atoms with E-state index < -0.39 is 0 Å². The van der Waals surface area contributed by atoms with Crippen LogP contribution in [0.5, 0.6) is 5.75 Å². The van der Waals surface area contributed by atoms with Gasteiger partial charge in [0, 0.05) is 18.8 Å². The molecule has 4 heteroatoms. The molecule has 2 aromatic rings. The van der Waals surface area contributed by atoms with Gasteiger partial charge in [-0.1, -0.05) is 75.9 Å². The van der Waals surface area contributed by atoms with Gasteiger partial charge in [0.05, 0.1) is 12.4 Å². The van der Waals surface area contributed by atoms with Gasteiger partial charge in [-0.2, -0.15) is 0 Å². The molecule has 2 rings (SSSR count). The average Bonchev–Trinajstić information content (AvgIpc) is 2.81. The summed E-state index contributed by atoms with van der Waals surface area (Å²) >= 11 is 0. The Hall–Kier alpha value is -2.20. The highest BCUT2D eigenvalue weighted by molar-refractivity contribution is 5.55. The van der Waals surface area contributed by atoms with Crippen molar-refractivity contribution in [2.24, 2.45) is 0 Å². The van der Waals surface area contributed by atoms with Crippen LogP contribution in [-0.2, 0) is 11.2 Å². The molecular formula is C27H40N2O2. The maximum Gasteiger partial charge on any atom is 0.159 e. The largest absolute Gasteiger partial charge is 0.486 e. The van der Waals surface area contributed by atoms with Gasteiger partial charge < -0.3 is 9.47 Å². The zero-order chi connectivity index (χ0) is 22.0. The molecular weight excluding hydrogens is 384 g/mol. The lowest BCUT2D eigenvalue weighted by Crippen LogP contribution is -1.96. The summed E-state index contributed by atoms with van der Waals surface area (Å²) < 4.78 is 11.2. The van der Waals surface area contributed by atoms with E-state index in [1.54, 1.807) is 12.4 Å². The van der Waals surface area contributed by atoms with Crippen LogP contribution in [0.3, 0.4) is 0 Å². The lowest BCUT2D eigenvalue weighted by atomic mass is 10.0. The molecule has 0 radical (unpaired) electrons. The second-order valence-electron chi connectivity index (χ2n) is 7.99. The molecule has 0 aliphatic carbocycles. The van der Waals surface area contributed by atoms with Gasteiger partial charge in [0.25, 0.3) is 0 Å². The molecule has 1 aromatic carbocycles. The third kappa shape index (κ3) is 11.1. The van der Waals surface area contributed by atoms with Crippen LogP contribution in [0.25, 0.3) is 11.4 Å². The summed E-state index contributed by atoms with van der Waals surface area (Å²) in [5, 5.41) is 0. The van der Waals surface area contributed by atoms with Crippen molar-refractivity contribution >= 4 is 0 Å². The monoisotopic (exact) mass is 424 g/mol. The molecule has 1 heterocycles. The smallest absolute Gasteiger partial charge is 0.159 e. The first-order valence-corrected chi connectivity index (χ1v) is 12.1. The lowest BCUT2D eigenvalue weighted by molar-refractivity contribution is 0.130. The lowest BCUT2D eigenvalue weighted by Gasteiger charge is -2.06. The maximum absolute atomic E-state index is 5.69. The highest BCUT2D eigenvalue weighted by atomic mass is 16.5. The zero-order valence-electron chi connectivity index (χ0n) is 19.5. The van der Waals surface area contributed by atoms with Crippen molar-refractivity contribution in [3.8, 4) is 17.1 Å². The van der Waals surface area contributed by atoms with Gasteiger partial charge >= 0.3 is 0 Å². The van der Waals surface area contributed by atoms with Gasteiger partial charge in [-0.25, -0.2) is 9.97 Å². The molecule has 0 atom stereocenters. The summed E-state index contributed by atoms with van der Waals surface area (Å²) in [5.41, 5.74) is 2.41. The first-order valence-electron chi connectivity index (χ1n) is 12.1. The van der Waals surface area contributed by atoms with E-state index in [0.29, 0.717) is 12.4 Å². The van der Waals surface area contributed by atoms with Gasteiger partial charge in [0.1, 0.15) is 6.61 Å². The molecule has 0 bridgehead atoms. The van der Waals surface area contributed by atoms with Gasteiger partial charge in [-0.3, -0.25) is 0 Å². The Bertz CT molecular complexity index is 711. The summed E-state index contributed by atoms with van der Waals surface area (Å²) in [5.74, 6) is 1.44. The van der Waals surface area contributed by atoms with Crippen LogP contribution >= 0.6 is 0 Å². The van der Waals surface area contributed by atoms with Crippen LogP contribution in [0, 0.1) is 0 Å². The Morgan fingerprint density at radius 3 is 2.29 bits per heavy atom. The zero-order valence-corrected chi connectivity index (χ0v) is 19.5. The Morgan fingerprint density at radius 1 is 0.774 bits per heavy atom. The van der Waals surface area contributed by atoms with Crippen LogP contribution in [0.15, 0.2) is 48.8 Å². The van der Waals surface area contributed by atoms with E-state index in [0.717, 1.165) is 43.9 Å². The number of hydrogen-bond donors (Lipinski definition) is 0. The highest BCUT2D eigenvalue weighted by Gasteiger charge is 2.03. The van der Waals surface area contributed by atoms with Crippen molar-refractivity contribution in [2.75, 3.05) is 19.8 Å². The number of rotatable bonds is 17.